The number of para-hydroxylation sites is 2. The van der Waals surface area contributed by atoms with Gasteiger partial charge in [-0.1, -0.05) is 43.3 Å². The van der Waals surface area contributed by atoms with Gasteiger partial charge >= 0.3 is 0 Å². The van der Waals surface area contributed by atoms with Gasteiger partial charge in [-0.15, -0.1) is 0 Å². The number of anilines is 1. The summed E-state index contributed by atoms with van der Waals surface area (Å²) >= 11 is 0. The first-order valence-electron chi connectivity index (χ1n) is 8.94. The SMILES string of the molecule is CCc1ccccc1NC(=O)c1cnn(-c2ccccc2)c1-n1cccc1. The molecule has 2 aromatic heterocycles. The van der Waals surface area contributed by atoms with Gasteiger partial charge in [-0.25, -0.2) is 4.68 Å². The molecule has 0 saturated heterocycles. The molecule has 5 nitrogen and oxygen atoms in total. The van der Waals surface area contributed by atoms with E-state index in [1.165, 1.54) is 0 Å². The van der Waals surface area contributed by atoms with Crippen molar-refractivity contribution < 1.29 is 4.79 Å². The molecule has 0 atom stereocenters. The molecule has 0 fully saturated rings. The third-order valence-electron chi connectivity index (χ3n) is 4.48. The van der Waals surface area contributed by atoms with Crippen LogP contribution in [-0.2, 0) is 6.42 Å². The molecule has 0 aliphatic carbocycles. The summed E-state index contributed by atoms with van der Waals surface area (Å²) in [6, 6.07) is 21.5. The average Bonchev–Trinajstić information content (AvgIpc) is 3.38. The lowest BCUT2D eigenvalue weighted by Crippen LogP contribution is -2.16. The Morgan fingerprint density at radius 3 is 2.41 bits per heavy atom. The lowest BCUT2D eigenvalue weighted by atomic mass is 10.1. The number of benzene rings is 2. The van der Waals surface area contributed by atoms with Gasteiger partial charge in [0.15, 0.2) is 5.82 Å². The monoisotopic (exact) mass is 356 g/mol. The third kappa shape index (κ3) is 3.27. The maximum atomic E-state index is 13.1. The van der Waals surface area contributed by atoms with Gasteiger partial charge in [-0.05, 0) is 42.3 Å². The number of rotatable bonds is 5. The smallest absolute Gasteiger partial charge is 0.261 e. The van der Waals surface area contributed by atoms with Gasteiger partial charge in [0.2, 0.25) is 0 Å². The maximum Gasteiger partial charge on any atom is 0.261 e. The molecule has 4 aromatic rings. The zero-order valence-electron chi connectivity index (χ0n) is 15.0. The quantitative estimate of drug-likeness (QED) is 0.573. The Morgan fingerprint density at radius 2 is 1.67 bits per heavy atom. The molecule has 0 aliphatic heterocycles. The van der Waals surface area contributed by atoms with E-state index in [1.807, 2.05) is 83.7 Å². The largest absolute Gasteiger partial charge is 0.322 e. The van der Waals surface area contributed by atoms with Crippen molar-refractivity contribution in [3.05, 3.63) is 96.4 Å². The number of aromatic nitrogens is 3. The average molecular weight is 356 g/mol. The highest BCUT2D eigenvalue weighted by Gasteiger charge is 2.20. The van der Waals surface area contributed by atoms with Gasteiger partial charge in [0.05, 0.1) is 11.9 Å². The summed E-state index contributed by atoms with van der Waals surface area (Å²) in [7, 11) is 0. The van der Waals surface area contributed by atoms with Crippen LogP contribution in [0.1, 0.15) is 22.8 Å². The van der Waals surface area contributed by atoms with Gasteiger partial charge in [0.25, 0.3) is 5.91 Å². The highest BCUT2D eigenvalue weighted by Crippen LogP contribution is 2.22. The molecule has 2 aromatic carbocycles. The first kappa shape index (κ1) is 16.8. The van der Waals surface area contributed by atoms with E-state index in [2.05, 4.69) is 17.3 Å². The normalized spacial score (nSPS) is 10.7. The zero-order valence-corrected chi connectivity index (χ0v) is 15.0. The van der Waals surface area contributed by atoms with Crippen LogP contribution < -0.4 is 5.32 Å². The molecule has 5 heteroatoms. The number of nitrogens with zero attached hydrogens (tertiary/aromatic N) is 3. The maximum absolute atomic E-state index is 13.1. The van der Waals surface area contributed by atoms with E-state index >= 15 is 0 Å². The zero-order chi connectivity index (χ0) is 18.6. The summed E-state index contributed by atoms with van der Waals surface area (Å²) in [5.74, 6) is 0.527. The van der Waals surface area contributed by atoms with Crippen LogP contribution in [0.5, 0.6) is 0 Å². The minimum Gasteiger partial charge on any atom is -0.322 e. The number of hydrogen-bond acceptors (Lipinski definition) is 2. The molecule has 0 bridgehead atoms. The number of hydrogen-bond donors (Lipinski definition) is 1. The van der Waals surface area contributed by atoms with Crippen LogP contribution in [0.15, 0.2) is 85.3 Å². The fourth-order valence-electron chi connectivity index (χ4n) is 3.12. The first-order chi connectivity index (χ1) is 13.3. The van der Waals surface area contributed by atoms with Gasteiger partial charge in [-0.2, -0.15) is 5.10 Å². The van der Waals surface area contributed by atoms with Crippen molar-refractivity contribution in [3.8, 4) is 11.5 Å². The summed E-state index contributed by atoms with van der Waals surface area (Å²) < 4.78 is 3.68. The minimum atomic E-state index is -0.179. The predicted octanol–water partition coefficient (Wildman–Crippen LogP) is 4.48. The molecule has 1 amide bonds. The topological polar surface area (TPSA) is 51.9 Å². The van der Waals surface area contributed by atoms with Gasteiger partial charge in [0, 0.05) is 18.1 Å². The Labute approximate surface area is 157 Å². The van der Waals surface area contributed by atoms with E-state index in [0.29, 0.717) is 11.4 Å². The lowest BCUT2D eigenvalue weighted by molar-refractivity contribution is 0.102. The van der Waals surface area contributed by atoms with Crippen LogP contribution in [0.4, 0.5) is 5.69 Å². The predicted molar refractivity (Wildman–Crippen MR) is 107 cm³/mol. The number of carbonyl (C=O) groups is 1. The molecule has 0 aliphatic rings. The van der Waals surface area contributed by atoms with E-state index in [0.717, 1.165) is 23.4 Å². The van der Waals surface area contributed by atoms with Crippen molar-refractivity contribution in [2.24, 2.45) is 0 Å². The molecular weight excluding hydrogens is 336 g/mol. The Bertz CT molecular complexity index is 1050. The Kier molecular flexibility index (Phi) is 4.58. The van der Waals surface area contributed by atoms with Crippen LogP contribution in [0.25, 0.3) is 11.5 Å². The van der Waals surface area contributed by atoms with Crippen LogP contribution in [0, 0.1) is 0 Å². The van der Waals surface area contributed by atoms with Crippen molar-refractivity contribution in [2.75, 3.05) is 5.32 Å². The lowest BCUT2D eigenvalue weighted by Gasteiger charge is -2.12. The molecule has 2 heterocycles. The summed E-state index contributed by atoms with van der Waals surface area (Å²) in [5.41, 5.74) is 3.34. The van der Waals surface area contributed by atoms with E-state index in [1.54, 1.807) is 10.9 Å². The standard InChI is InChI=1S/C22H20N4O/c1-2-17-10-6-7-13-20(17)24-21(27)19-16-23-26(18-11-4-3-5-12-18)22(19)25-14-8-9-15-25/h3-16H,2H2,1H3,(H,24,27). The van der Waals surface area contributed by atoms with Crippen molar-refractivity contribution in [1.82, 2.24) is 14.3 Å². The Morgan fingerprint density at radius 1 is 0.963 bits per heavy atom. The highest BCUT2D eigenvalue weighted by atomic mass is 16.1. The minimum absolute atomic E-state index is 0.179. The molecule has 134 valence electrons. The van der Waals surface area contributed by atoms with E-state index < -0.39 is 0 Å². The summed E-state index contributed by atoms with van der Waals surface area (Å²) in [6.07, 6.45) is 6.29. The summed E-state index contributed by atoms with van der Waals surface area (Å²) in [6.45, 7) is 2.07. The number of aryl methyl sites for hydroxylation is 1. The first-order valence-corrected chi connectivity index (χ1v) is 8.94. The van der Waals surface area contributed by atoms with Gasteiger partial charge in [0.1, 0.15) is 5.56 Å². The summed E-state index contributed by atoms with van der Waals surface area (Å²) in [4.78, 5) is 13.1. The highest BCUT2D eigenvalue weighted by molar-refractivity contribution is 6.06. The van der Waals surface area contributed by atoms with Gasteiger partial charge < -0.3 is 9.88 Å². The molecule has 0 saturated carbocycles. The van der Waals surface area contributed by atoms with Crippen LogP contribution >= 0.6 is 0 Å². The molecule has 0 spiro atoms. The van der Waals surface area contributed by atoms with E-state index in [-0.39, 0.29) is 5.91 Å². The Balaban J connectivity index is 1.77. The van der Waals surface area contributed by atoms with E-state index in [4.69, 9.17) is 0 Å². The molecule has 27 heavy (non-hydrogen) atoms. The third-order valence-corrected chi connectivity index (χ3v) is 4.48. The second-order valence-electron chi connectivity index (χ2n) is 6.18. The molecule has 4 rings (SSSR count). The van der Waals surface area contributed by atoms with Gasteiger partial charge in [-0.3, -0.25) is 4.79 Å². The Hall–Kier alpha value is -3.60. The fraction of sp³-hybridized carbons (Fsp3) is 0.0909. The van der Waals surface area contributed by atoms with Crippen LogP contribution in [-0.4, -0.2) is 20.3 Å². The molecule has 0 radical (unpaired) electrons. The molecular formula is C22H20N4O. The fourth-order valence-corrected chi connectivity index (χ4v) is 3.12. The van der Waals surface area contributed by atoms with E-state index in [9.17, 15) is 4.79 Å². The van der Waals surface area contributed by atoms with Crippen molar-refractivity contribution in [1.29, 1.82) is 0 Å². The van der Waals surface area contributed by atoms with Crippen molar-refractivity contribution in [3.63, 3.8) is 0 Å². The van der Waals surface area contributed by atoms with Crippen molar-refractivity contribution in [2.45, 2.75) is 13.3 Å². The second-order valence-corrected chi connectivity index (χ2v) is 6.18. The summed E-state index contributed by atoms with van der Waals surface area (Å²) in [5, 5.41) is 7.52. The number of nitrogens with one attached hydrogen (secondary N) is 1. The molecule has 0 unspecified atom stereocenters. The van der Waals surface area contributed by atoms with Crippen molar-refractivity contribution >= 4 is 11.6 Å². The van der Waals surface area contributed by atoms with Crippen LogP contribution in [0.2, 0.25) is 0 Å². The number of amides is 1. The molecule has 1 N–H and O–H groups in total. The van der Waals surface area contributed by atoms with Crippen LogP contribution in [0.3, 0.4) is 0 Å². The number of carbonyl (C=O) groups excluding carboxylic acids is 1. The second kappa shape index (κ2) is 7.33.